The van der Waals surface area contributed by atoms with Gasteiger partial charge in [0, 0.05) is 100 Å². The smallest absolute Gasteiger partial charge is 0.110 e. The molecular weight excluding hydrogens is 731 g/mol. The normalized spacial score (nSPS) is 17.0. The van der Waals surface area contributed by atoms with Crippen molar-refractivity contribution in [2.24, 2.45) is 11.6 Å². The lowest BCUT2D eigenvalue weighted by molar-refractivity contribution is 0.317. The number of piperidine rings is 2. The van der Waals surface area contributed by atoms with Gasteiger partial charge in [0.15, 0.2) is 0 Å². The van der Waals surface area contributed by atoms with Crippen molar-refractivity contribution in [2.75, 3.05) is 31.5 Å². The van der Waals surface area contributed by atoms with Gasteiger partial charge in [-0.2, -0.15) is 0 Å². The van der Waals surface area contributed by atoms with E-state index in [0.29, 0.717) is 18.9 Å². The minimum atomic E-state index is 0.0319. The number of H-pyrrole nitrogens is 1. The number of benzene rings is 2. The van der Waals surface area contributed by atoms with E-state index in [-0.39, 0.29) is 6.04 Å². The summed E-state index contributed by atoms with van der Waals surface area (Å²) >= 11 is 0. The number of aromatic amines is 1. The number of nitrogens with one attached hydrogen (secondary N) is 3. The molecule has 0 bridgehead atoms. The van der Waals surface area contributed by atoms with Crippen LogP contribution in [0.5, 0.6) is 0 Å². The summed E-state index contributed by atoms with van der Waals surface area (Å²) in [5.41, 5.74) is 21.9. The van der Waals surface area contributed by atoms with E-state index in [1.165, 1.54) is 6.42 Å². The Morgan fingerprint density at radius 1 is 1.07 bits per heavy atom. The molecule has 2 aromatic heterocycles. The average molecular weight is 790 g/mol. The van der Waals surface area contributed by atoms with Gasteiger partial charge in [0.1, 0.15) is 6.67 Å². The molecule has 59 heavy (non-hydrogen) atoms. The number of anilines is 1. The number of aromatic nitrogens is 3. The molecule has 3 aliphatic rings. The molecule has 0 saturated carbocycles. The van der Waals surface area contributed by atoms with Crippen molar-refractivity contribution in [3.05, 3.63) is 170 Å². The van der Waals surface area contributed by atoms with E-state index in [9.17, 15) is 0 Å². The summed E-state index contributed by atoms with van der Waals surface area (Å²) in [6.45, 7) is 35.4. The number of fused-ring (bicyclic) bond motifs is 2. The summed E-state index contributed by atoms with van der Waals surface area (Å²) in [5.74, 6) is 6.67. The predicted molar refractivity (Wildman–Crippen MR) is 246 cm³/mol. The first-order valence-corrected chi connectivity index (χ1v) is 20.4. The van der Waals surface area contributed by atoms with Gasteiger partial charge in [0.2, 0.25) is 0 Å². The minimum absolute atomic E-state index is 0.0319. The summed E-state index contributed by atoms with van der Waals surface area (Å²) in [6.07, 6.45) is 17.7. The number of hydrogen-bond acceptors (Lipinski definition) is 9. The van der Waals surface area contributed by atoms with Gasteiger partial charge in [0.05, 0.1) is 41.3 Å². The second-order valence-electron chi connectivity index (χ2n) is 15.7. The number of likely N-dealkylation sites (tertiary alicyclic amines) is 1. The molecule has 5 heterocycles. The van der Waals surface area contributed by atoms with Gasteiger partial charge in [0.25, 0.3) is 0 Å². The van der Waals surface area contributed by atoms with Crippen LogP contribution in [0.1, 0.15) is 72.0 Å². The molecule has 2 aromatic carbocycles. The van der Waals surface area contributed by atoms with Crippen LogP contribution in [-0.4, -0.2) is 66.5 Å². The first-order chi connectivity index (χ1) is 28.5. The Hall–Kier alpha value is -6.59. The van der Waals surface area contributed by atoms with Crippen molar-refractivity contribution < 1.29 is 0 Å². The number of rotatable bonds is 16. The Morgan fingerprint density at radius 2 is 1.86 bits per heavy atom. The minimum Gasteiger partial charge on any atom is -0.399 e. The maximum Gasteiger partial charge on any atom is 0.110 e. The van der Waals surface area contributed by atoms with Gasteiger partial charge < -0.3 is 40.6 Å². The highest BCUT2D eigenvalue weighted by Gasteiger charge is 2.28. The highest BCUT2D eigenvalue weighted by Crippen LogP contribution is 2.40. The second kappa shape index (κ2) is 17.5. The largest absolute Gasteiger partial charge is 0.399 e. The fraction of sp³-hybridized carbons (Fsp3) is 0.271. The summed E-state index contributed by atoms with van der Waals surface area (Å²) in [6, 6.07) is 12.7. The molecule has 0 spiro atoms. The van der Waals surface area contributed by atoms with Crippen LogP contribution in [0.4, 0.5) is 5.69 Å². The molecule has 0 amide bonds. The molecule has 7 N–H and O–H groups in total. The third-order valence-corrected chi connectivity index (χ3v) is 11.7. The van der Waals surface area contributed by atoms with Crippen molar-refractivity contribution >= 4 is 39.4 Å². The van der Waals surface area contributed by atoms with Crippen LogP contribution in [0.25, 0.3) is 33.7 Å². The Bertz CT molecular complexity index is 2380. The van der Waals surface area contributed by atoms with Crippen molar-refractivity contribution in [2.45, 2.75) is 58.2 Å². The number of hydrogen-bond donors (Lipinski definition) is 5. The fourth-order valence-corrected chi connectivity index (χ4v) is 8.46. The molecule has 0 radical (unpaired) electrons. The number of imidazole rings is 1. The van der Waals surface area contributed by atoms with E-state index in [0.717, 1.165) is 136 Å². The summed E-state index contributed by atoms with van der Waals surface area (Å²) in [7, 11) is 0. The van der Waals surface area contributed by atoms with Gasteiger partial charge >= 0.3 is 0 Å². The lowest BCUT2D eigenvalue weighted by Crippen LogP contribution is -2.39. The van der Waals surface area contributed by atoms with E-state index in [4.69, 9.17) is 16.6 Å². The Kier molecular flexibility index (Phi) is 12.0. The summed E-state index contributed by atoms with van der Waals surface area (Å²) in [5, 5.41) is 8.42. The molecule has 3 aliphatic heterocycles. The highest BCUT2D eigenvalue weighted by atomic mass is 15.4. The number of nitrogens with two attached hydrogens (primary N) is 2. The first kappa shape index (κ1) is 40.6. The third kappa shape index (κ3) is 8.38. The lowest BCUT2D eigenvalue weighted by atomic mass is 9.92. The van der Waals surface area contributed by atoms with Crippen LogP contribution >= 0.6 is 0 Å². The van der Waals surface area contributed by atoms with E-state index in [1.54, 1.807) is 11.2 Å². The summed E-state index contributed by atoms with van der Waals surface area (Å²) < 4.78 is 2.07. The van der Waals surface area contributed by atoms with E-state index < -0.39 is 0 Å². The topological polar surface area (TPSA) is 123 Å². The quantitative estimate of drug-likeness (QED) is 0.0432. The van der Waals surface area contributed by atoms with Crippen molar-refractivity contribution in [3.63, 3.8) is 0 Å². The maximum absolute atomic E-state index is 6.67. The highest BCUT2D eigenvalue weighted by molar-refractivity contribution is 5.99. The van der Waals surface area contributed by atoms with Crippen LogP contribution in [0.15, 0.2) is 137 Å². The van der Waals surface area contributed by atoms with E-state index in [2.05, 4.69) is 118 Å². The Morgan fingerprint density at radius 3 is 2.61 bits per heavy atom. The molecule has 306 valence electrons. The number of hydrazine groups is 1. The molecule has 0 aliphatic carbocycles. The van der Waals surface area contributed by atoms with Crippen LogP contribution < -0.4 is 22.2 Å². The molecule has 1 unspecified atom stereocenters. The first-order valence-electron chi connectivity index (χ1n) is 20.4. The molecule has 1 atom stereocenters. The van der Waals surface area contributed by atoms with E-state index in [1.807, 2.05) is 36.9 Å². The van der Waals surface area contributed by atoms with Gasteiger partial charge in [-0.3, -0.25) is 5.01 Å². The third-order valence-electron chi connectivity index (χ3n) is 11.7. The van der Waals surface area contributed by atoms with Crippen molar-refractivity contribution in [1.82, 2.24) is 39.6 Å². The lowest BCUT2D eigenvalue weighted by Gasteiger charge is -2.37. The molecular formula is C48H59N11. The zero-order chi connectivity index (χ0) is 41.8. The Labute approximate surface area is 349 Å². The van der Waals surface area contributed by atoms with Gasteiger partial charge in [-0.15, -0.1) is 6.58 Å². The SMILES string of the molecule is C=CCCN1C=C(c2cc(C(=C)N3CCCCC3)cc3c2ncn3CN(N)/C=C(\N)CNc2cccc(C(=C)N(C=C)C3CCC(=C)NC3=C)c2C)c2cc[nH]c2C1=C. The summed E-state index contributed by atoms with van der Waals surface area (Å²) in [4.78, 5) is 15.1. The maximum atomic E-state index is 6.67. The van der Waals surface area contributed by atoms with Crippen LogP contribution in [0.3, 0.4) is 0 Å². The molecule has 11 nitrogen and oxygen atoms in total. The second-order valence-corrected chi connectivity index (χ2v) is 15.7. The molecule has 7 rings (SSSR count). The molecule has 4 aromatic rings. The predicted octanol–water partition coefficient (Wildman–Crippen LogP) is 8.62. The fourth-order valence-electron chi connectivity index (χ4n) is 8.46. The van der Waals surface area contributed by atoms with Gasteiger partial charge in [-0.25, -0.2) is 10.8 Å². The van der Waals surface area contributed by atoms with Crippen LogP contribution in [-0.2, 0) is 6.67 Å². The molecule has 11 heteroatoms. The van der Waals surface area contributed by atoms with Gasteiger partial charge in [-0.1, -0.05) is 57.7 Å². The number of nitrogens with zero attached hydrogens (tertiary/aromatic N) is 6. The van der Waals surface area contributed by atoms with Crippen LogP contribution in [0.2, 0.25) is 0 Å². The molecule has 2 saturated heterocycles. The number of allylic oxidation sites excluding steroid dienone is 1. The standard InChI is InChI=1S/C48H59N11/c1-9-11-22-56-29-43(41-20-21-51-47(41)37(56)8)42-25-38(35(6)55-23-13-12-14-24-55)26-46-48(42)53-30-57(46)31-58(50)28-39(49)27-52-44-17-15-16-40(33(44)4)36(7)59(10-2)45-19-18-32(3)54-34(45)5/h9-10,15-17,20-21,25-26,28-30,45,51-52,54H,1-3,5-8,11-14,18-19,22-24,27,31,49-50H2,4H3/b39-28-. The monoisotopic (exact) mass is 789 g/mol. The van der Waals surface area contributed by atoms with Crippen LogP contribution in [0, 0.1) is 6.92 Å². The molecule has 2 fully saturated rings. The van der Waals surface area contributed by atoms with E-state index >= 15 is 0 Å². The van der Waals surface area contributed by atoms with Crippen molar-refractivity contribution in [3.8, 4) is 0 Å². The average Bonchev–Trinajstić information content (AvgIpc) is 3.89. The van der Waals surface area contributed by atoms with Gasteiger partial charge in [-0.05, 0) is 81.5 Å². The zero-order valence-corrected chi connectivity index (χ0v) is 34.6. The van der Waals surface area contributed by atoms with Crippen molar-refractivity contribution in [1.29, 1.82) is 0 Å². The zero-order valence-electron chi connectivity index (χ0n) is 34.6. The Balaban J connectivity index is 1.13.